The van der Waals surface area contributed by atoms with E-state index in [2.05, 4.69) is 0 Å². The van der Waals surface area contributed by atoms with Gasteiger partial charge in [-0.05, 0) is 36.4 Å². The van der Waals surface area contributed by atoms with E-state index in [4.69, 9.17) is 40.5 Å². The van der Waals surface area contributed by atoms with Crippen LogP contribution in [-0.4, -0.2) is 19.0 Å². The molecule has 0 aliphatic rings. The molecule has 1 amide bonds. The molecule has 118 valence electrons. The fraction of sp³-hybridized carbons (Fsp3) is 0.133. The van der Waals surface area contributed by atoms with Crippen molar-refractivity contribution < 1.29 is 4.79 Å². The minimum atomic E-state index is -0.246. The van der Waals surface area contributed by atoms with Gasteiger partial charge in [-0.15, -0.1) is 12.4 Å². The Morgan fingerprint density at radius 1 is 1.05 bits per heavy atom. The van der Waals surface area contributed by atoms with E-state index in [1.165, 1.54) is 6.07 Å². The number of hydrogen-bond donors (Lipinski definition) is 1. The highest BCUT2D eigenvalue weighted by Crippen LogP contribution is 2.26. The smallest absolute Gasteiger partial charge is 0.259 e. The first-order chi connectivity index (χ1) is 10.0. The van der Waals surface area contributed by atoms with Crippen molar-refractivity contribution in [3.8, 4) is 0 Å². The van der Waals surface area contributed by atoms with Crippen molar-refractivity contribution >= 4 is 58.8 Å². The van der Waals surface area contributed by atoms with Crippen LogP contribution in [0.25, 0.3) is 0 Å². The topological polar surface area (TPSA) is 46.3 Å². The average Bonchev–Trinajstić information content (AvgIpc) is 2.44. The summed E-state index contributed by atoms with van der Waals surface area (Å²) in [6, 6.07) is 11.8. The van der Waals surface area contributed by atoms with E-state index < -0.39 is 0 Å². The number of amides is 1. The summed E-state index contributed by atoms with van der Waals surface area (Å²) in [5.41, 5.74) is 6.64. The molecule has 0 aromatic heterocycles. The van der Waals surface area contributed by atoms with E-state index in [-0.39, 0.29) is 18.3 Å². The lowest BCUT2D eigenvalue weighted by atomic mass is 10.1. The molecule has 0 aliphatic heterocycles. The van der Waals surface area contributed by atoms with Crippen LogP contribution in [0.15, 0.2) is 42.5 Å². The zero-order valence-electron chi connectivity index (χ0n) is 11.4. The maximum Gasteiger partial charge on any atom is 0.259 e. The summed E-state index contributed by atoms with van der Waals surface area (Å²) in [6.45, 7) is 0.682. The largest absolute Gasteiger partial charge is 0.329 e. The lowest BCUT2D eigenvalue weighted by Gasteiger charge is -2.23. The minimum absolute atomic E-state index is 0. The highest BCUT2D eigenvalue weighted by Gasteiger charge is 2.19. The van der Waals surface area contributed by atoms with Gasteiger partial charge in [0, 0.05) is 28.8 Å². The summed E-state index contributed by atoms with van der Waals surface area (Å²) >= 11 is 17.9. The molecular formula is C15H14Cl4N2O. The summed E-state index contributed by atoms with van der Waals surface area (Å²) in [5.74, 6) is -0.246. The van der Waals surface area contributed by atoms with Crippen LogP contribution in [0.4, 0.5) is 5.69 Å². The first-order valence-electron chi connectivity index (χ1n) is 6.25. The van der Waals surface area contributed by atoms with Gasteiger partial charge in [-0.25, -0.2) is 0 Å². The van der Waals surface area contributed by atoms with Crippen LogP contribution in [0.1, 0.15) is 10.4 Å². The SMILES string of the molecule is Cl.NCCN(C(=O)c1ccc(Cl)cc1Cl)c1cccc(Cl)c1. The van der Waals surface area contributed by atoms with Gasteiger partial charge in [0.2, 0.25) is 0 Å². The van der Waals surface area contributed by atoms with Crippen LogP contribution in [-0.2, 0) is 0 Å². The molecule has 0 unspecified atom stereocenters. The third-order valence-electron chi connectivity index (χ3n) is 2.88. The van der Waals surface area contributed by atoms with E-state index in [1.54, 1.807) is 41.3 Å². The van der Waals surface area contributed by atoms with Gasteiger partial charge in [-0.2, -0.15) is 0 Å². The maximum absolute atomic E-state index is 12.7. The Hall–Kier alpha value is -0.970. The Labute approximate surface area is 150 Å². The molecule has 0 atom stereocenters. The number of halogens is 4. The zero-order valence-corrected chi connectivity index (χ0v) is 14.5. The molecule has 0 heterocycles. The first-order valence-corrected chi connectivity index (χ1v) is 7.39. The second-order valence-electron chi connectivity index (χ2n) is 4.35. The number of nitrogens with zero attached hydrogens (tertiary/aromatic N) is 1. The average molecular weight is 380 g/mol. The van der Waals surface area contributed by atoms with E-state index in [0.717, 1.165) is 0 Å². The lowest BCUT2D eigenvalue weighted by molar-refractivity contribution is 0.0988. The van der Waals surface area contributed by atoms with E-state index in [1.807, 2.05) is 0 Å². The number of nitrogens with two attached hydrogens (primary N) is 1. The second kappa shape index (κ2) is 8.61. The van der Waals surface area contributed by atoms with Crippen molar-refractivity contribution in [3.63, 3.8) is 0 Å². The van der Waals surface area contributed by atoms with Crippen LogP contribution in [0, 0.1) is 0 Å². The predicted octanol–water partition coefficient (Wildman–Crippen LogP) is 4.67. The molecule has 3 nitrogen and oxygen atoms in total. The van der Waals surface area contributed by atoms with Gasteiger partial charge in [0.15, 0.2) is 0 Å². The number of rotatable bonds is 4. The van der Waals surface area contributed by atoms with Crippen molar-refractivity contribution in [3.05, 3.63) is 63.1 Å². The van der Waals surface area contributed by atoms with E-state index in [0.29, 0.717) is 39.4 Å². The Balaban J connectivity index is 0.00000242. The molecule has 0 saturated heterocycles. The lowest BCUT2D eigenvalue weighted by Crippen LogP contribution is -2.35. The van der Waals surface area contributed by atoms with Gasteiger partial charge >= 0.3 is 0 Å². The summed E-state index contributed by atoms with van der Waals surface area (Å²) < 4.78 is 0. The first kappa shape index (κ1) is 19.1. The third kappa shape index (κ3) is 4.51. The number of anilines is 1. The van der Waals surface area contributed by atoms with Crippen molar-refractivity contribution in [1.82, 2.24) is 0 Å². The van der Waals surface area contributed by atoms with Crippen molar-refractivity contribution in [2.45, 2.75) is 0 Å². The van der Waals surface area contributed by atoms with Crippen molar-refractivity contribution in [2.24, 2.45) is 5.73 Å². The molecule has 2 rings (SSSR count). The summed E-state index contributed by atoms with van der Waals surface area (Å²) in [7, 11) is 0. The van der Waals surface area contributed by atoms with Gasteiger partial charge < -0.3 is 10.6 Å². The molecule has 2 aromatic carbocycles. The van der Waals surface area contributed by atoms with Crippen LogP contribution in [0.3, 0.4) is 0 Å². The summed E-state index contributed by atoms with van der Waals surface area (Å²) in [5, 5.41) is 1.32. The highest BCUT2D eigenvalue weighted by atomic mass is 35.5. The minimum Gasteiger partial charge on any atom is -0.329 e. The Morgan fingerprint density at radius 2 is 1.73 bits per heavy atom. The molecule has 7 heteroatoms. The van der Waals surface area contributed by atoms with Gasteiger partial charge in [0.1, 0.15) is 0 Å². The van der Waals surface area contributed by atoms with Gasteiger partial charge in [-0.3, -0.25) is 4.79 Å². The maximum atomic E-state index is 12.7. The van der Waals surface area contributed by atoms with E-state index in [9.17, 15) is 4.79 Å². The van der Waals surface area contributed by atoms with Gasteiger partial charge in [0.05, 0.1) is 10.6 Å². The molecule has 0 aliphatic carbocycles. The van der Waals surface area contributed by atoms with E-state index >= 15 is 0 Å². The zero-order chi connectivity index (χ0) is 15.4. The Kier molecular flexibility index (Phi) is 7.46. The highest BCUT2D eigenvalue weighted by molar-refractivity contribution is 6.37. The molecule has 2 N–H and O–H groups in total. The number of carbonyl (C=O) groups is 1. The van der Waals surface area contributed by atoms with Crippen molar-refractivity contribution in [1.29, 1.82) is 0 Å². The fourth-order valence-corrected chi connectivity index (χ4v) is 2.60. The Morgan fingerprint density at radius 3 is 2.32 bits per heavy atom. The molecular weight excluding hydrogens is 366 g/mol. The van der Waals surface area contributed by atoms with Gasteiger partial charge in [0.25, 0.3) is 5.91 Å². The number of carbonyl (C=O) groups excluding carboxylic acids is 1. The summed E-state index contributed by atoms with van der Waals surface area (Å²) in [4.78, 5) is 14.2. The standard InChI is InChI=1S/C15H13Cl3N2O.ClH/c16-10-2-1-3-12(8-10)20(7-6-19)15(21)13-5-4-11(17)9-14(13)18;/h1-5,8-9H,6-7,19H2;1H. The molecule has 0 bridgehead atoms. The van der Waals surface area contributed by atoms with Crippen LogP contribution in [0.5, 0.6) is 0 Å². The monoisotopic (exact) mass is 378 g/mol. The van der Waals surface area contributed by atoms with Gasteiger partial charge in [-0.1, -0.05) is 40.9 Å². The molecule has 22 heavy (non-hydrogen) atoms. The normalized spacial score (nSPS) is 10.0. The Bertz CT molecular complexity index is 664. The molecule has 0 saturated carbocycles. The van der Waals surface area contributed by atoms with Crippen molar-refractivity contribution in [2.75, 3.05) is 18.0 Å². The molecule has 0 fully saturated rings. The second-order valence-corrected chi connectivity index (χ2v) is 5.63. The summed E-state index contributed by atoms with van der Waals surface area (Å²) in [6.07, 6.45) is 0. The quantitative estimate of drug-likeness (QED) is 0.838. The van der Waals surface area contributed by atoms with Crippen LogP contribution >= 0.6 is 47.2 Å². The molecule has 0 spiro atoms. The van der Waals surface area contributed by atoms with Crippen LogP contribution in [0.2, 0.25) is 15.1 Å². The molecule has 2 aromatic rings. The third-order valence-corrected chi connectivity index (χ3v) is 3.66. The number of hydrogen-bond acceptors (Lipinski definition) is 2. The predicted molar refractivity (Wildman–Crippen MR) is 95.9 cm³/mol. The molecule has 0 radical (unpaired) electrons. The van der Waals surface area contributed by atoms with Crippen LogP contribution < -0.4 is 10.6 Å². The fourth-order valence-electron chi connectivity index (χ4n) is 1.93. The number of benzene rings is 2.